The van der Waals surface area contributed by atoms with Crippen LogP contribution in [0, 0.1) is 0 Å². The lowest BCUT2D eigenvalue weighted by atomic mass is 10.0. The lowest BCUT2D eigenvalue weighted by molar-refractivity contribution is -0.00618. The molecule has 0 aliphatic carbocycles. The van der Waals surface area contributed by atoms with Gasteiger partial charge in [0.2, 0.25) is 0 Å². The number of rotatable bonds is 4. The van der Waals surface area contributed by atoms with Crippen LogP contribution in [0.2, 0.25) is 0 Å². The second-order valence-corrected chi connectivity index (χ2v) is 5.19. The predicted octanol–water partition coefficient (Wildman–Crippen LogP) is 2.25. The van der Waals surface area contributed by atoms with Crippen molar-refractivity contribution in [3.63, 3.8) is 0 Å². The lowest BCUT2D eigenvalue weighted by Crippen LogP contribution is -2.39. The van der Waals surface area contributed by atoms with Crippen LogP contribution in [-0.2, 0) is 9.47 Å². The Morgan fingerprint density at radius 3 is 3.06 bits per heavy atom. The number of nitrogens with two attached hydrogens (primary N) is 1. The van der Waals surface area contributed by atoms with Gasteiger partial charge in [0.05, 0.1) is 18.0 Å². The van der Waals surface area contributed by atoms with Crippen LogP contribution < -0.4 is 11.1 Å². The fraction of sp³-hybridized carbons (Fsp3) is 0.500. The fourth-order valence-electron chi connectivity index (χ4n) is 1.90. The minimum absolute atomic E-state index is 0.227. The molecule has 1 heterocycles. The predicted molar refractivity (Wildman–Crippen MR) is 72.2 cm³/mol. The molecule has 1 aromatic carbocycles. The molecule has 1 aliphatic rings. The van der Waals surface area contributed by atoms with Gasteiger partial charge in [-0.25, -0.2) is 0 Å². The molecule has 3 N–H and O–H groups in total. The number of hydrogen-bond donors (Lipinski definition) is 2. The second-order valence-electron chi connectivity index (χ2n) is 4.27. The van der Waals surface area contributed by atoms with E-state index in [2.05, 4.69) is 21.2 Å². The first kappa shape index (κ1) is 12.7. The van der Waals surface area contributed by atoms with Crippen LogP contribution in [0.5, 0.6) is 0 Å². The van der Waals surface area contributed by atoms with E-state index in [4.69, 9.17) is 15.2 Å². The first-order valence-electron chi connectivity index (χ1n) is 5.57. The first-order chi connectivity index (χ1) is 8.15. The summed E-state index contributed by atoms with van der Waals surface area (Å²) in [5, 5.41) is 3.33. The maximum atomic E-state index is 5.90. The number of nitrogens with one attached hydrogen (secondary N) is 1. The smallest absolute Gasteiger partial charge is 0.110 e. The van der Waals surface area contributed by atoms with Gasteiger partial charge in [-0.3, -0.25) is 0 Å². The summed E-state index contributed by atoms with van der Waals surface area (Å²) in [4.78, 5) is 0. The Kier molecular flexibility index (Phi) is 3.91. The molecule has 1 aliphatic heterocycles. The summed E-state index contributed by atoms with van der Waals surface area (Å²) >= 11 is 3.43. The number of methoxy groups -OCH3 is 1. The zero-order valence-corrected chi connectivity index (χ0v) is 11.4. The number of hydrogen-bond acceptors (Lipinski definition) is 4. The summed E-state index contributed by atoms with van der Waals surface area (Å²) < 4.78 is 11.9. The molecule has 0 bridgehead atoms. The van der Waals surface area contributed by atoms with Crippen LogP contribution in [0.3, 0.4) is 0 Å². The normalized spacial score (nSPS) is 23.9. The van der Waals surface area contributed by atoms with Gasteiger partial charge in [-0.15, -0.1) is 0 Å². The zero-order valence-electron chi connectivity index (χ0n) is 9.83. The molecule has 1 fully saturated rings. The standard InChI is InChI=1S/C12H17BrN2O2/c1-16-12(4-5-17-8-12)7-15-11-6-9(13)2-3-10(11)14/h2-3,6,15H,4-5,7-8,14H2,1H3. The summed E-state index contributed by atoms with van der Waals surface area (Å²) in [5.74, 6) is 0. The molecule has 0 aromatic heterocycles. The number of nitrogen functional groups attached to an aromatic ring is 1. The Balaban J connectivity index is 2.03. The molecule has 0 amide bonds. The van der Waals surface area contributed by atoms with E-state index >= 15 is 0 Å². The van der Waals surface area contributed by atoms with E-state index in [1.54, 1.807) is 7.11 Å². The Morgan fingerprint density at radius 2 is 2.41 bits per heavy atom. The van der Waals surface area contributed by atoms with E-state index in [-0.39, 0.29) is 5.60 Å². The zero-order chi connectivity index (χ0) is 12.3. The average Bonchev–Trinajstić information content (AvgIpc) is 2.80. The summed E-state index contributed by atoms with van der Waals surface area (Å²) in [7, 11) is 1.72. The summed E-state index contributed by atoms with van der Waals surface area (Å²) in [6.07, 6.45) is 0.907. The van der Waals surface area contributed by atoms with Crippen LogP contribution in [0.25, 0.3) is 0 Å². The lowest BCUT2D eigenvalue weighted by Gasteiger charge is -2.26. The SMILES string of the molecule is COC1(CNc2cc(Br)ccc2N)CCOC1. The number of ether oxygens (including phenoxy) is 2. The van der Waals surface area contributed by atoms with Crippen molar-refractivity contribution in [2.45, 2.75) is 12.0 Å². The van der Waals surface area contributed by atoms with Crippen LogP contribution in [0.1, 0.15) is 6.42 Å². The van der Waals surface area contributed by atoms with E-state index in [1.807, 2.05) is 18.2 Å². The Labute approximate surface area is 110 Å². The highest BCUT2D eigenvalue weighted by Gasteiger charge is 2.34. The highest BCUT2D eigenvalue weighted by Crippen LogP contribution is 2.27. The van der Waals surface area contributed by atoms with Gasteiger partial charge >= 0.3 is 0 Å². The molecule has 1 aromatic rings. The van der Waals surface area contributed by atoms with E-state index in [0.717, 1.165) is 28.9 Å². The van der Waals surface area contributed by atoms with E-state index in [1.165, 1.54) is 0 Å². The maximum Gasteiger partial charge on any atom is 0.110 e. The molecular formula is C12H17BrN2O2. The highest BCUT2D eigenvalue weighted by atomic mass is 79.9. The molecule has 5 heteroatoms. The van der Waals surface area contributed by atoms with Crippen LogP contribution in [-0.4, -0.2) is 32.5 Å². The van der Waals surface area contributed by atoms with Crippen molar-refractivity contribution in [1.82, 2.24) is 0 Å². The largest absolute Gasteiger partial charge is 0.397 e. The van der Waals surface area contributed by atoms with Gasteiger partial charge in [-0.05, 0) is 18.2 Å². The minimum atomic E-state index is -0.227. The Bertz CT molecular complexity index is 392. The summed E-state index contributed by atoms with van der Waals surface area (Å²) in [6.45, 7) is 2.08. The van der Waals surface area contributed by atoms with Crippen molar-refractivity contribution in [3.8, 4) is 0 Å². The van der Waals surface area contributed by atoms with Gasteiger partial charge < -0.3 is 20.5 Å². The maximum absolute atomic E-state index is 5.90. The number of anilines is 2. The average molecular weight is 301 g/mol. The van der Waals surface area contributed by atoms with Gasteiger partial charge in [0, 0.05) is 31.2 Å². The van der Waals surface area contributed by atoms with Crippen molar-refractivity contribution in [3.05, 3.63) is 22.7 Å². The number of benzene rings is 1. The van der Waals surface area contributed by atoms with Crippen molar-refractivity contribution >= 4 is 27.3 Å². The molecule has 1 saturated heterocycles. The molecule has 0 saturated carbocycles. The minimum Gasteiger partial charge on any atom is -0.397 e. The van der Waals surface area contributed by atoms with Crippen molar-refractivity contribution in [2.75, 3.05) is 37.9 Å². The molecule has 1 unspecified atom stereocenters. The quantitative estimate of drug-likeness (QED) is 0.838. The third kappa shape index (κ3) is 2.91. The summed E-state index contributed by atoms with van der Waals surface area (Å²) in [6, 6.07) is 5.76. The summed E-state index contributed by atoms with van der Waals surface area (Å²) in [5.41, 5.74) is 7.33. The van der Waals surface area contributed by atoms with Gasteiger partial charge in [0.1, 0.15) is 5.60 Å². The highest BCUT2D eigenvalue weighted by molar-refractivity contribution is 9.10. The van der Waals surface area contributed by atoms with Gasteiger partial charge in [-0.1, -0.05) is 15.9 Å². The third-order valence-corrected chi connectivity index (χ3v) is 3.61. The van der Waals surface area contributed by atoms with Gasteiger partial charge in [0.15, 0.2) is 0 Å². The van der Waals surface area contributed by atoms with Crippen molar-refractivity contribution in [2.24, 2.45) is 0 Å². The van der Waals surface area contributed by atoms with E-state index in [9.17, 15) is 0 Å². The van der Waals surface area contributed by atoms with E-state index < -0.39 is 0 Å². The first-order valence-corrected chi connectivity index (χ1v) is 6.36. The van der Waals surface area contributed by atoms with Crippen LogP contribution in [0.15, 0.2) is 22.7 Å². The van der Waals surface area contributed by atoms with Crippen LogP contribution >= 0.6 is 15.9 Å². The second kappa shape index (κ2) is 5.25. The molecule has 17 heavy (non-hydrogen) atoms. The third-order valence-electron chi connectivity index (χ3n) is 3.12. The molecule has 0 radical (unpaired) electrons. The molecule has 94 valence electrons. The van der Waals surface area contributed by atoms with Crippen LogP contribution in [0.4, 0.5) is 11.4 Å². The van der Waals surface area contributed by atoms with Crippen molar-refractivity contribution < 1.29 is 9.47 Å². The van der Waals surface area contributed by atoms with Gasteiger partial charge in [-0.2, -0.15) is 0 Å². The Hall–Kier alpha value is -0.780. The fourth-order valence-corrected chi connectivity index (χ4v) is 2.26. The molecule has 4 nitrogen and oxygen atoms in total. The monoisotopic (exact) mass is 300 g/mol. The number of halogens is 1. The molecular weight excluding hydrogens is 284 g/mol. The molecule has 1 atom stereocenters. The van der Waals surface area contributed by atoms with Crippen molar-refractivity contribution in [1.29, 1.82) is 0 Å². The topological polar surface area (TPSA) is 56.5 Å². The Morgan fingerprint density at radius 1 is 1.59 bits per heavy atom. The van der Waals surface area contributed by atoms with Gasteiger partial charge in [0.25, 0.3) is 0 Å². The molecule has 2 rings (SSSR count). The molecule has 0 spiro atoms. The van der Waals surface area contributed by atoms with E-state index in [0.29, 0.717) is 13.2 Å².